The Hall–Kier alpha value is -0.970. The first-order chi connectivity index (χ1) is 8.74. The number of aliphatic hydroxyl groups is 1. The molecule has 1 aliphatic rings. The van der Waals surface area contributed by atoms with Gasteiger partial charge >= 0.3 is 0 Å². The molecule has 0 radical (unpaired) electrons. The number of aromatic nitrogens is 1. The van der Waals surface area contributed by atoms with Crippen LogP contribution in [0, 0.1) is 6.92 Å². The second kappa shape index (κ2) is 6.83. The van der Waals surface area contributed by atoms with Crippen LogP contribution in [0.2, 0.25) is 0 Å². The van der Waals surface area contributed by atoms with E-state index < -0.39 is 0 Å². The van der Waals surface area contributed by atoms with E-state index in [9.17, 15) is 5.11 Å². The smallest absolute Gasteiger partial charge is 0.0791 e. The van der Waals surface area contributed by atoms with Gasteiger partial charge in [-0.2, -0.15) is 0 Å². The summed E-state index contributed by atoms with van der Waals surface area (Å²) in [6, 6.07) is 6.01. The lowest BCUT2D eigenvalue weighted by atomic mass is 10.3. The van der Waals surface area contributed by atoms with Gasteiger partial charge in [-0.05, 0) is 45.0 Å². The predicted molar refractivity (Wildman–Crippen MR) is 72.4 cm³/mol. The zero-order chi connectivity index (χ0) is 12.8. The van der Waals surface area contributed by atoms with Crippen LogP contribution >= 0.6 is 0 Å². The number of nitrogens with one attached hydrogen (secondary N) is 1. The molecule has 1 atom stereocenters. The lowest BCUT2D eigenvalue weighted by Gasteiger charge is -2.19. The molecule has 2 N–H and O–H groups in total. The van der Waals surface area contributed by atoms with Gasteiger partial charge in [0.2, 0.25) is 0 Å². The highest BCUT2D eigenvalue weighted by Crippen LogP contribution is 2.07. The maximum absolute atomic E-state index is 9.92. The molecule has 2 heterocycles. The summed E-state index contributed by atoms with van der Waals surface area (Å²) in [5.41, 5.74) is 2.07. The van der Waals surface area contributed by atoms with Crippen LogP contribution in [0.1, 0.15) is 24.2 Å². The first kappa shape index (κ1) is 13.5. The molecule has 1 saturated heterocycles. The van der Waals surface area contributed by atoms with E-state index in [2.05, 4.69) is 15.2 Å². The minimum Gasteiger partial charge on any atom is -0.390 e. The molecular weight excluding hydrogens is 226 g/mol. The van der Waals surface area contributed by atoms with Crippen molar-refractivity contribution in [3.63, 3.8) is 0 Å². The Morgan fingerprint density at radius 2 is 2.17 bits per heavy atom. The molecule has 0 aromatic carbocycles. The van der Waals surface area contributed by atoms with E-state index in [1.54, 1.807) is 0 Å². The Kier molecular flexibility index (Phi) is 5.11. The van der Waals surface area contributed by atoms with E-state index in [0.717, 1.165) is 37.6 Å². The SMILES string of the molecule is Cc1cccc(CNCC(O)CN2CCCC2)n1. The molecule has 0 bridgehead atoms. The Balaban J connectivity index is 1.65. The average molecular weight is 249 g/mol. The van der Waals surface area contributed by atoms with Crippen LogP contribution in [0.25, 0.3) is 0 Å². The topological polar surface area (TPSA) is 48.4 Å². The van der Waals surface area contributed by atoms with Crippen molar-refractivity contribution in [1.29, 1.82) is 0 Å². The minimum absolute atomic E-state index is 0.284. The fourth-order valence-electron chi connectivity index (χ4n) is 2.39. The highest BCUT2D eigenvalue weighted by atomic mass is 16.3. The summed E-state index contributed by atoms with van der Waals surface area (Å²) in [4.78, 5) is 6.75. The molecule has 1 aromatic heterocycles. The molecule has 0 spiro atoms. The average Bonchev–Trinajstić information content (AvgIpc) is 2.82. The van der Waals surface area contributed by atoms with Crippen molar-refractivity contribution in [3.8, 4) is 0 Å². The van der Waals surface area contributed by atoms with Gasteiger partial charge in [0.25, 0.3) is 0 Å². The van der Waals surface area contributed by atoms with Gasteiger partial charge in [-0.1, -0.05) is 6.07 Å². The normalized spacial score (nSPS) is 18.1. The van der Waals surface area contributed by atoms with Crippen LogP contribution in [0.15, 0.2) is 18.2 Å². The molecule has 1 unspecified atom stereocenters. The Bertz CT molecular complexity index is 364. The van der Waals surface area contributed by atoms with Gasteiger partial charge in [0.05, 0.1) is 11.8 Å². The maximum Gasteiger partial charge on any atom is 0.0791 e. The van der Waals surface area contributed by atoms with E-state index in [1.165, 1.54) is 12.8 Å². The lowest BCUT2D eigenvalue weighted by molar-refractivity contribution is 0.123. The van der Waals surface area contributed by atoms with Crippen molar-refractivity contribution in [1.82, 2.24) is 15.2 Å². The summed E-state index contributed by atoms with van der Waals surface area (Å²) in [6.07, 6.45) is 2.26. The summed E-state index contributed by atoms with van der Waals surface area (Å²) >= 11 is 0. The summed E-state index contributed by atoms with van der Waals surface area (Å²) in [5, 5.41) is 13.2. The summed E-state index contributed by atoms with van der Waals surface area (Å²) in [6.45, 7) is 6.40. The molecule has 1 fully saturated rings. The quantitative estimate of drug-likeness (QED) is 0.787. The largest absolute Gasteiger partial charge is 0.390 e. The number of rotatable bonds is 6. The number of nitrogens with zero attached hydrogens (tertiary/aromatic N) is 2. The highest BCUT2D eigenvalue weighted by molar-refractivity contribution is 5.09. The molecular formula is C14H23N3O. The summed E-state index contributed by atoms with van der Waals surface area (Å²) in [7, 11) is 0. The van der Waals surface area contributed by atoms with E-state index in [0.29, 0.717) is 6.54 Å². The molecule has 0 amide bonds. The Morgan fingerprint density at radius 1 is 1.39 bits per heavy atom. The van der Waals surface area contributed by atoms with Crippen LogP contribution in [-0.2, 0) is 6.54 Å². The third-order valence-corrected chi connectivity index (χ3v) is 3.30. The fraction of sp³-hybridized carbons (Fsp3) is 0.643. The van der Waals surface area contributed by atoms with Crippen LogP contribution in [0.3, 0.4) is 0 Å². The van der Waals surface area contributed by atoms with Crippen molar-refractivity contribution in [3.05, 3.63) is 29.6 Å². The van der Waals surface area contributed by atoms with Crippen LogP contribution < -0.4 is 5.32 Å². The van der Waals surface area contributed by atoms with Gasteiger partial charge in [0.15, 0.2) is 0 Å². The number of hydrogen-bond acceptors (Lipinski definition) is 4. The molecule has 0 aliphatic carbocycles. The van der Waals surface area contributed by atoms with E-state index >= 15 is 0 Å². The van der Waals surface area contributed by atoms with Crippen LogP contribution in [-0.4, -0.2) is 47.3 Å². The van der Waals surface area contributed by atoms with Gasteiger partial charge in [0, 0.05) is 25.3 Å². The predicted octanol–water partition coefficient (Wildman–Crippen LogP) is 0.936. The van der Waals surface area contributed by atoms with Crippen LogP contribution in [0.5, 0.6) is 0 Å². The fourth-order valence-corrected chi connectivity index (χ4v) is 2.39. The number of β-amino-alcohol motifs (C(OH)–C–C–N with tert-alkyl or cyclic N) is 1. The molecule has 4 nitrogen and oxygen atoms in total. The summed E-state index contributed by atoms with van der Waals surface area (Å²) < 4.78 is 0. The Labute approximate surface area is 109 Å². The number of hydrogen-bond donors (Lipinski definition) is 2. The molecule has 2 rings (SSSR count). The maximum atomic E-state index is 9.92. The molecule has 4 heteroatoms. The monoisotopic (exact) mass is 249 g/mol. The van der Waals surface area contributed by atoms with Crippen molar-refractivity contribution >= 4 is 0 Å². The van der Waals surface area contributed by atoms with Crippen LogP contribution in [0.4, 0.5) is 0 Å². The third kappa shape index (κ3) is 4.37. The van der Waals surface area contributed by atoms with Crippen molar-refractivity contribution in [2.24, 2.45) is 0 Å². The second-order valence-corrected chi connectivity index (χ2v) is 5.06. The Morgan fingerprint density at radius 3 is 2.89 bits per heavy atom. The molecule has 18 heavy (non-hydrogen) atoms. The van der Waals surface area contributed by atoms with Gasteiger partial charge in [-0.15, -0.1) is 0 Å². The van der Waals surface area contributed by atoms with Gasteiger partial charge in [-0.25, -0.2) is 0 Å². The van der Waals surface area contributed by atoms with E-state index in [1.807, 2.05) is 25.1 Å². The standard InChI is InChI=1S/C14H23N3O/c1-12-5-4-6-13(16-12)9-15-10-14(18)11-17-7-2-3-8-17/h4-6,14-15,18H,2-3,7-11H2,1H3. The van der Waals surface area contributed by atoms with Gasteiger partial charge < -0.3 is 15.3 Å². The molecule has 1 aliphatic heterocycles. The van der Waals surface area contributed by atoms with Gasteiger partial charge in [-0.3, -0.25) is 4.98 Å². The first-order valence-corrected chi connectivity index (χ1v) is 6.78. The van der Waals surface area contributed by atoms with Crippen molar-refractivity contribution in [2.75, 3.05) is 26.2 Å². The van der Waals surface area contributed by atoms with Crippen molar-refractivity contribution in [2.45, 2.75) is 32.4 Å². The van der Waals surface area contributed by atoms with Crippen molar-refractivity contribution < 1.29 is 5.11 Å². The molecule has 1 aromatic rings. The first-order valence-electron chi connectivity index (χ1n) is 6.78. The lowest BCUT2D eigenvalue weighted by Crippen LogP contribution is -2.36. The number of likely N-dealkylation sites (tertiary alicyclic amines) is 1. The number of aryl methyl sites for hydroxylation is 1. The van der Waals surface area contributed by atoms with E-state index in [4.69, 9.17) is 0 Å². The zero-order valence-electron chi connectivity index (χ0n) is 11.1. The minimum atomic E-state index is -0.284. The highest BCUT2D eigenvalue weighted by Gasteiger charge is 2.15. The van der Waals surface area contributed by atoms with E-state index in [-0.39, 0.29) is 6.10 Å². The third-order valence-electron chi connectivity index (χ3n) is 3.30. The number of pyridine rings is 1. The molecule has 0 saturated carbocycles. The zero-order valence-corrected chi connectivity index (χ0v) is 11.1. The number of aliphatic hydroxyl groups excluding tert-OH is 1. The summed E-state index contributed by atoms with van der Waals surface area (Å²) in [5.74, 6) is 0. The molecule has 100 valence electrons. The van der Waals surface area contributed by atoms with Gasteiger partial charge in [0.1, 0.15) is 0 Å². The second-order valence-electron chi connectivity index (χ2n) is 5.06.